The summed E-state index contributed by atoms with van der Waals surface area (Å²) in [6.07, 6.45) is 8.75. The maximum atomic E-state index is 14.0. The first-order chi connectivity index (χ1) is 15.5. The summed E-state index contributed by atoms with van der Waals surface area (Å²) in [5, 5.41) is 11.9. The van der Waals surface area contributed by atoms with Gasteiger partial charge >= 0.3 is 0 Å². The van der Waals surface area contributed by atoms with Crippen molar-refractivity contribution in [2.45, 2.75) is 40.0 Å². The van der Waals surface area contributed by atoms with Crippen LogP contribution in [0.5, 0.6) is 0 Å². The van der Waals surface area contributed by atoms with Crippen LogP contribution in [0.4, 0.5) is 4.39 Å². The number of hydrogen-bond acceptors (Lipinski definition) is 5. The summed E-state index contributed by atoms with van der Waals surface area (Å²) in [6.45, 7) is 8.71. The third kappa shape index (κ3) is 5.33. The molecular formula is C25H32FN5O. The van der Waals surface area contributed by atoms with Crippen molar-refractivity contribution in [2.24, 2.45) is 23.7 Å². The molecule has 0 bridgehead atoms. The predicted molar refractivity (Wildman–Crippen MR) is 122 cm³/mol. The van der Waals surface area contributed by atoms with Crippen LogP contribution in [0.15, 0.2) is 52.9 Å². The van der Waals surface area contributed by atoms with E-state index in [9.17, 15) is 4.39 Å². The first-order valence-corrected chi connectivity index (χ1v) is 11.4. The lowest BCUT2D eigenvalue weighted by molar-refractivity contribution is 0.218. The number of benzene rings is 1. The monoisotopic (exact) mass is 437 g/mol. The van der Waals surface area contributed by atoms with Crippen molar-refractivity contribution in [3.05, 3.63) is 65.8 Å². The fraction of sp³-hybridized carbons (Fsp3) is 0.480. The summed E-state index contributed by atoms with van der Waals surface area (Å²) >= 11 is 0. The van der Waals surface area contributed by atoms with E-state index in [0.717, 1.165) is 31.6 Å². The number of rotatable bonds is 9. The Balaban J connectivity index is 1.39. The minimum Gasteiger partial charge on any atom is -0.421 e. The van der Waals surface area contributed by atoms with Crippen molar-refractivity contribution < 1.29 is 8.81 Å². The molecule has 0 spiro atoms. The highest BCUT2D eigenvalue weighted by Gasteiger charge is 2.32. The number of hydrogen-bond donors (Lipinski definition) is 2. The molecule has 32 heavy (non-hydrogen) atoms. The Kier molecular flexibility index (Phi) is 7.15. The number of nitrogens with one attached hydrogen (secondary N) is 2. The fourth-order valence-corrected chi connectivity index (χ4v) is 4.71. The SMILES string of the molecule is CC1=C[C@@H](CNCCc2cnc[nH]2)[C@H](C(C)C)C[C@H]1Cc1nnc(-c2ccccc2F)o1. The third-order valence-corrected chi connectivity index (χ3v) is 6.58. The quantitative estimate of drug-likeness (QED) is 0.370. The smallest absolute Gasteiger partial charge is 0.250 e. The van der Waals surface area contributed by atoms with E-state index < -0.39 is 0 Å². The maximum Gasteiger partial charge on any atom is 0.250 e. The maximum absolute atomic E-state index is 14.0. The number of aromatic amines is 1. The van der Waals surface area contributed by atoms with Crippen LogP contribution in [0.25, 0.3) is 11.5 Å². The zero-order valence-corrected chi connectivity index (χ0v) is 19.0. The summed E-state index contributed by atoms with van der Waals surface area (Å²) < 4.78 is 19.9. The standard InChI is InChI=1S/C25H32FN5O/c1-16(2)22-11-18(12-24-30-31-25(32-24)21-6-4-5-7-23(21)26)17(3)10-19(22)13-27-9-8-20-14-28-15-29-20/h4-7,10,14-16,18-19,22,27H,8-9,11-13H2,1-3H3,(H,28,29)/t18-,19-,22-/m0/s1. The Bertz CT molecular complexity index is 1030. The molecule has 2 heterocycles. The van der Waals surface area contributed by atoms with E-state index in [-0.39, 0.29) is 11.7 Å². The van der Waals surface area contributed by atoms with Crippen LogP contribution in [-0.4, -0.2) is 33.3 Å². The molecule has 4 rings (SSSR count). The van der Waals surface area contributed by atoms with Crippen LogP contribution in [0, 0.1) is 29.5 Å². The van der Waals surface area contributed by atoms with Crippen molar-refractivity contribution in [3.63, 3.8) is 0 Å². The Morgan fingerprint density at radius 3 is 2.84 bits per heavy atom. The highest BCUT2D eigenvalue weighted by molar-refractivity contribution is 5.53. The third-order valence-electron chi connectivity index (χ3n) is 6.58. The molecular weight excluding hydrogens is 405 g/mol. The van der Waals surface area contributed by atoms with Gasteiger partial charge in [-0.3, -0.25) is 0 Å². The summed E-state index contributed by atoms with van der Waals surface area (Å²) in [7, 11) is 0. The van der Waals surface area contributed by atoms with Gasteiger partial charge in [0.15, 0.2) is 0 Å². The number of aromatic nitrogens is 4. The van der Waals surface area contributed by atoms with E-state index in [2.05, 4.69) is 52.3 Å². The average Bonchev–Trinajstić information content (AvgIpc) is 3.45. The van der Waals surface area contributed by atoms with Crippen LogP contribution >= 0.6 is 0 Å². The van der Waals surface area contributed by atoms with Crippen molar-refractivity contribution in [1.29, 1.82) is 0 Å². The van der Waals surface area contributed by atoms with Crippen molar-refractivity contribution in [2.75, 3.05) is 13.1 Å². The number of allylic oxidation sites excluding steroid dienone is 1. The van der Waals surface area contributed by atoms with E-state index >= 15 is 0 Å². The molecule has 2 aromatic heterocycles. The lowest BCUT2D eigenvalue weighted by Crippen LogP contribution is -2.35. The molecule has 0 amide bonds. The summed E-state index contributed by atoms with van der Waals surface area (Å²) in [5.41, 5.74) is 2.87. The van der Waals surface area contributed by atoms with Crippen molar-refractivity contribution >= 4 is 0 Å². The number of H-pyrrole nitrogens is 1. The van der Waals surface area contributed by atoms with Gasteiger partial charge in [-0.25, -0.2) is 9.37 Å². The molecule has 170 valence electrons. The Morgan fingerprint density at radius 1 is 1.25 bits per heavy atom. The molecule has 0 saturated carbocycles. The topological polar surface area (TPSA) is 79.6 Å². The first kappa shape index (κ1) is 22.4. The molecule has 3 aromatic rings. The molecule has 0 fully saturated rings. The molecule has 3 atom stereocenters. The molecule has 1 aromatic carbocycles. The minimum atomic E-state index is -0.348. The molecule has 6 nitrogen and oxygen atoms in total. The zero-order chi connectivity index (χ0) is 22.5. The second-order valence-electron chi connectivity index (χ2n) is 9.13. The Labute approximate surface area is 188 Å². The summed E-state index contributed by atoms with van der Waals surface area (Å²) in [5.74, 6) is 2.49. The van der Waals surface area contributed by atoms with Gasteiger partial charge in [-0.2, -0.15) is 0 Å². The normalized spacial score (nSPS) is 21.2. The van der Waals surface area contributed by atoms with E-state index in [4.69, 9.17) is 4.42 Å². The van der Waals surface area contributed by atoms with Gasteiger partial charge in [0, 0.05) is 37.8 Å². The second kappa shape index (κ2) is 10.2. The molecule has 0 aliphatic heterocycles. The average molecular weight is 438 g/mol. The van der Waals surface area contributed by atoms with Crippen LogP contribution in [0.3, 0.4) is 0 Å². The van der Waals surface area contributed by atoms with Crippen LogP contribution in [0.2, 0.25) is 0 Å². The van der Waals surface area contributed by atoms with Gasteiger partial charge in [0.05, 0.1) is 11.9 Å². The number of halogens is 1. The van der Waals surface area contributed by atoms with Crippen molar-refractivity contribution in [3.8, 4) is 11.5 Å². The van der Waals surface area contributed by atoms with Crippen LogP contribution < -0.4 is 5.32 Å². The van der Waals surface area contributed by atoms with Crippen LogP contribution in [-0.2, 0) is 12.8 Å². The van der Waals surface area contributed by atoms with Crippen LogP contribution in [0.1, 0.15) is 38.8 Å². The van der Waals surface area contributed by atoms with Gasteiger partial charge in [-0.1, -0.05) is 37.6 Å². The zero-order valence-electron chi connectivity index (χ0n) is 19.0. The molecule has 1 aliphatic rings. The van der Waals surface area contributed by atoms with E-state index in [1.807, 2.05) is 6.20 Å². The van der Waals surface area contributed by atoms with Crippen molar-refractivity contribution in [1.82, 2.24) is 25.5 Å². The lowest BCUT2D eigenvalue weighted by atomic mass is 9.70. The Hall–Kier alpha value is -2.80. The second-order valence-corrected chi connectivity index (χ2v) is 9.13. The number of nitrogens with zero attached hydrogens (tertiary/aromatic N) is 3. The lowest BCUT2D eigenvalue weighted by Gasteiger charge is -2.37. The molecule has 1 aliphatic carbocycles. The van der Waals surface area contributed by atoms with Gasteiger partial charge in [0.1, 0.15) is 5.82 Å². The largest absolute Gasteiger partial charge is 0.421 e. The molecule has 0 unspecified atom stereocenters. The Morgan fingerprint density at radius 2 is 2.09 bits per heavy atom. The van der Waals surface area contributed by atoms with Gasteiger partial charge in [-0.15, -0.1) is 10.2 Å². The fourth-order valence-electron chi connectivity index (χ4n) is 4.71. The molecule has 0 saturated heterocycles. The highest BCUT2D eigenvalue weighted by atomic mass is 19.1. The minimum absolute atomic E-state index is 0.246. The van der Waals surface area contributed by atoms with Gasteiger partial charge in [0.2, 0.25) is 5.89 Å². The first-order valence-electron chi connectivity index (χ1n) is 11.4. The molecule has 7 heteroatoms. The summed E-state index contributed by atoms with van der Waals surface area (Å²) in [6, 6.07) is 6.49. The molecule has 2 N–H and O–H groups in total. The van der Waals surface area contributed by atoms with Gasteiger partial charge < -0.3 is 14.7 Å². The summed E-state index contributed by atoms with van der Waals surface area (Å²) in [4.78, 5) is 7.22. The van der Waals surface area contributed by atoms with Gasteiger partial charge in [0.25, 0.3) is 5.89 Å². The van der Waals surface area contributed by atoms with E-state index in [0.29, 0.717) is 41.5 Å². The predicted octanol–water partition coefficient (Wildman–Crippen LogP) is 4.83. The highest BCUT2D eigenvalue weighted by Crippen LogP contribution is 2.38. The number of imidazole rings is 1. The van der Waals surface area contributed by atoms with Gasteiger partial charge in [-0.05, 0) is 49.1 Å². The van der Waals surface area contributed by atoms with E-state index in [1.165, 1.54) is 11.6 Å². The molecule has 0 radical (unpaired) electrons. The van der Waals surface area contributed by atoms with E-state index in [1.54, 1.807) is 24.5 Å².